The summed E-state index contributed by atoms with van der Waals surface area (Å²) in [6.07, 6.45) is 0.660. The van der Waals surface area contributed by atoms with E-state index in [9.17, 15) is 14.0 Å². The second kappa shape index (κ2) is 8.80. The highest BCUT2D eigenvalue weighted by molar-refractivity contribution is 5.78. The van der Waals surface area contributed by atoms with Crippen LogP contribution in [0.4, 0.5) is 4.39 Å². The zero-order valence-corrected chi connectivity index (χ0v) is 14.7. The summed E-state index contributed by atoms with van der Waals surface area (Å²) in [5.74, 6) is -0.879. The molecule has 138 valence electrons. The first-order chi connectivity index (χ1) is 11.9. The van der Waals surface area contributed by atoms with E-state index in [1.54, 1.807) is 24.1 Å². The van der Waals surface area contributed by atoms with Crippen LogP contribution in [0.5, 0.6) is 5.75 Å². The fraction of sp³-hybridized carbons (Fsp3) is 0.556. The number of carbonyl (C=O) groups excluding carboxylic acids is 1. The van der Waals surface area contributed by atoms with Gasteiger partial charge < -0.3 is 14.7 Å². The molecule has 1 heterocycles. The number of ether oxygens (including phenoxy) is 1. The molecule has 1 aromatic rings. The maximum absolute atomic E-state index is 12.8. The van der Waals surface area contributed by atoms with E-state index in [4.69, 9.17) is 9.84 Å². The first-order valence-corrected chi connectivity index (χ1v) is 8.44. The van der Waals surface area contributed by atoms with Gasteiger partial charge in [-0.25, -0.2) is 4.39 Å². The van der Waals surface area contributed by atoms with E-state index < -0.39 is 11.9 Å². The van der Waals surface area contributed by atoms with Crippen LogP contribution in [-0.4, -0.2) is 66.6 Å². The number of aliphatic carboxylic acids is 1. The minimum atomic E-state index is -0.797. The van der Waals surface area contributed by atoms with E-state index in [0.717, 1.165) is 0 Å². The first-order valence-electron chi connectivity index (χ1n) is 8.44. The Kier molecular flexibility index (Phi) is 6.75. The van der Waals surface area contributed by atoms with Crippen molar-refractivity contribution in [1.82, 2.24) is 9.80 Å². The van der Waals surface area contributed by atoms with E-state index in [2.05, 4.69) is 0 Å². The van der Waals surface area contributed by atoms with Gasteiger partial charge in [0.2, 0.25) is 5.91 Å². The first kappa shape index (κ1) is 19.2. The van der Waals surface area contributed by atoms with Crippen molar-refractivity contribution in [2.75, 3.05) is 39.8 Å². The van der Waals surface area contributed by atoms with E-state index >= 15 is 0 Å². The molecule has 6 nitrogen and oxygen atoms in total. The Bertz CT molecular complexity index is 593. The summed E-state index contributed by atoms with van der Waals surface area (Å²) in [5, 5.41) is 9.14. The molecule has 1 amide bonds. The molecule has 25 heavy (non-hydrogen) atoms. The molecule has 1 aliphatic rings. The Hall–Kier alpha value is -2.15. The predicted octanol–water partition coefficient (Wildman–Crippen LogP) is 1.71. The van der Waals surface area contributed by atoms with Crippen molar-refractivity contribution in [2.45, 2.75) is 13.3 Å². The lowest BCUT2D eigenvalue weighted by molar-refractivity contribution is -0.142. The van der Waals surface area contributed by atoms with Crippen LogP contribution in [0.1, 0.15) is 13.3 Å². The molecule has 0 radical (unpaired) electrons. The number of carboxylic acid groups (broad SMARTS) is 1. The summed E-state index contributed by atoms with van der Waals surface area (Å²) in [5.41, 5.74) is 0. The fourth-order valence-electron chi connectivity index (χ4n) is 2.98. The van der Waals surface area contributed by atoms with Crippen molar-refractivity contribution < 1.29 is 23.8 Å². The standard InChI is InChI=1S/C18H25FN2O4/c1-13-10-21(11-16(13)18(23)24)12-17(22)20(2)8-3-9-25-15-6-4-14(19)5-7-15/h4-7,13,16H,3,8-12H2,1-2H3,(H,23,24)/t13-,16-/m1/s1. The number of rotatable bonds is 8. The third-order valence-electron chi connectivity index (χ3n) is 4.51. The molecule has 1 fully saturated rings. The molecule has 0 aromatic heterocycles. The fourth-order valence-corrected chi connectivity index (χ4v) is 2.98. The summed E-state index contributed by atoms with van der Waals surface area (Å²) in [6.45, 7) is 4.17. The number of nitrogens with zero attached hydrogens (tertiary/aromatic N) is 2. The highest BCUT2D eigenvalue weighted by Crippen LogP contribution is 2.22. The molecule has 1 aromatic carbocycles. The maximum Gasteiger partial charge on any atom is 0.308 e. The van der Waals surface area contributed by atoms with Crippen LogP contribution in [-0.2, 0) is 9.59 Å². The number of hydrogen-bond donors (Lipinski definition) is 1. The van der Waals surface area contributed by atoms with Crippen LogP contribution in [0.3, 0.4) is 0 Å². The zero-order valence-electron chi connectivity index (χ0n) is 14.7. The van der Waals surface area contributed by atoms with Crippen LogP contribution in [0.15, 0.2) is 24.3 Å². The second-order valence-corrected chi connectivity index (χ2v) is 6.59. The molecule has 1 N–H and O–H groups in total. The monoisotopic (exact) mass is 352 g/mol. The van der Waals surface area contributed by atoms with Crippen molar-refractivity contribution >= 4 is 11.9 Å². The van der Waals surface area contributed by atoms with Gasteiger partial charge in [-0.05, 0) is 36.6 Å². The minimum absolute atomic E-state index is 0.0278. The van der Waals surface area contributed by atoms with E-state index in [1.165, 1.54) is 12.1 Å². The number of carbonyl (C=O) groups is 2. The Morgan fingerprint density at radius 2 is 2.00 bits per heavy atom. The Morgan fingerprint density at radius 3 is 2.60 bits per heavy atom. The molecular formula is C18H25FN2O4. The van der Waals surface area contributed by atoms with Gasteiger partial charge in [0.05, 0.1) is 19.1 Å². The SMILES string of the molecule is C[C@@H]1CN(CC(=O)N(C)CCCOc2ccc(F)cc2)C[C@H]1C(=O)O. The van der Waals surface area contributed by atoms with Crippen LogP contribution < -0.4 is 4.74 Å². The maximum atomic E-state index is 12.8. The van der Waals surface area contributed by atoms with E-state index in [-0.39, 0.29) is 24.2 Å². The number of hydrogen-bond acceptors (Lipinski definition) is 4. The molecule has 0 bridgehead atoms. The van der Waals surface area contributed by atoms with Crippen LogP contribution >= 0.6 is 0 Å². The summed E-state index contributed by atoms with van der Waals surface area (Å²) in [7, 11) is 1.73. The van der Waals surface area contributed by atoms with Crippen molar-refractivity contribution in [3.63, 3.8) is 0 Å². The van der Waals surface area contributed by atoms with Gasteiger partial charge in [0.15, 0.2) is 0 Å². The molecule has 0 aliphatic carbocycles. The van der Waals surface area contributed by atoms with Crippen LogP contribution in [0, 0.1) is 17.7 Å². The van der Waals surface area contributed by atoms with Gasteiger partial charge in [-0.1, -0.05) is 6.92 Å². The van der Waals surface area contributed by atoms with Crippen molar-refractivity contribution in [3.8, 4) is 5.75 Å². The van der Waals surface area contributed by atoms with Crippen molar-refractivity contribution in [3.05, 3.63) is 30.1 Å². The van der Waals surface area contributed by atoms with Crippen molar-refractivity contribution in [1.29, 1.82) is 0 Å². The summed E-state index contributed by atoms with van der Waals surface area (Å²) in [6, 6.07) is 5.81. The number of amides is 1. The van der Waals surface area contributed by atoms with Gasteiger partial charge in [-0.2, -0.15) is 0 Å². The molecule has 7 heteroatoms. The quantitative estimate of drug-likeness (QED) is 0.721. The third kappa shape index (κ3) is 5.70. The summed E-state index contributed by atoms with van der Waals surface area (Å²) in [4.78, 5) is 26.9. The van der Waals surface area contributed by atoms with Crippen LogP contribution in [0.25, 0.3) is 0 Å². The van der Waals surface area contributed by atoms with Gasteiger partial charge in [-0.15, -0.1) is 0 Å². The predicted molar refractivity (Wildman–Crippen MR) is 90.9 cm³/mol. The average molecular weight is 352 g/mol. The molecule has 0 unspecified atom stereocenters. The van der Waals surface area contributed by atoms with Crippen LogP contribution in [0.2, 0.25) is 0 Å². The topological polar surface area (TPSA) is 70.1 Å². The Morgan fingerprint density at radius 1 is 1.32 bits per heavy atom. The number of likely N-dealkylation sites (N-methyl/N-ethyl adjacent to an activating group) is 1. The molecule has 1 saturated heterocycles. The molecule has 2 atom stereocenters. The number of carboxylic acids is 1. The lowest BCUT2D eigenvalue weighted by atomic mass is 9.99. The molecule has 0 spiro atoms. The number of likely N-dealkylation sites (tertiary alicyclic amines) is 1. The largest absolute Gasteiger partial charge is 0.494 e. The van der Waals surface area contributed by atoms with Gasteiger partial charge in [0, 0.05) is 26.7 Å². The number of benzene rings is 1. The molecular weight excluding hydrogens is 327 g/mol. The highest BCUT2D eigenvalue weighted by atomic mass is 19.1. The highest BCUT2D eigenvalue weighted by Gasteiger charge is 2.35. The van der Waals surface area contributed by atoms with Gasteiger partial charge in [0.25, 0.3) is 0 Å². The Balaban J connectivity index is 1.66. The Labute approximate surface area is 147 Å². The summed E-state index contributed by atoms with van der Waals surface area (Å²) < 4.78 is 18.3. The van der Waals surface area contributed by atoms with Crippen molar-refractivity contribution in [2.24, 2.45) is 11.8 Å². The minimum Gasteiger partial charge on any atom is -0.494 e. The second-order valence-electron chi connectivity index (χ2n) is 6.59. The number of halogens is 1. The average Bonchev–Trinajstić information content (AvgIpc) is 2.93. The van der Waals surface area contributed by atoms with Gasteiger partial charge >= 0.3 is 5.97 Å². The summed E-state index contributed by atoms with van der Waals surface area (Å²) >= 11 is 0. The molecule has 1 aliphatic heterocycles. The van der Waals surface area contributed by atoms with E-state index in [1.807, 2.05) is 11.8 Å². The zero-order chi connectivity index (χ0) is 18.4. The van der Waals surface area contributed by atoms with E-state index in [0.29, 0.717) is 38.4 Å². The smallest absolute Gasteiger partial charge is 0.308 e. The molecule has 2 rings (SSSR count). The lowest BCUT2D eigenvalue weighted by Crippen LogP contribution is -2.38. The lowest BCUT2D eigenvalue weighted by Gasteiger charge is -2.21. The van der Waals surface area contributed by atoms with Gasteiger partial charge in [-0.3, -0.25) is 14.5 Å². The third-order valence-corrected chi connectivity index (χ3v) is 4.51. The van der Waals surface area contributed by atoms with Gasteiger partial charge in [0.1, 0.15) is 11.6 Å². The normalized spacial score (nSPS) is 20.4. The molecule has 0 saturated carbocycles.